The van der Waals surface area contributed by atoms with Crippen molar-refractivity contribution in [2.45, 2.75) is 23.6 Å². The standard InChI is InChI=1S/C25H22F2N6OS/c1-24(20-11-25(20,22(34)32(3)4)35-23(28)31-24)16-9-14(5-7-17(16)26)10-18(27)19-13-33-12-15(29-2)6-8-21(33)30-19/h5-10,12-13,20H,11H2,1,3-4H3,(H2,28,31)/b18-10-/t20?,24-,25+/m1/s1. The molecule has 0 saturated heterocycles. The van der Waals surface area contributed by atoms with Gasteiger partial charge in [-0.1, -0.05) is 23.9 Å². The highest BCUT2D eigenvalue weighted by molar-refractivity contribution is 8.15. The van der Waals surface area contributed by atoms with Gasteiger partial charge in [0.25, 0.3) is 0 Å². The molecule has 1 amide bonds. The maximum atomic E-state index is 15.1. The number of imidazole rings is 1. The van der Waals surface area contributed by atoms with E-state index in [1.807, 2.05) is 0 Å². The number of nitrogens with zero attached hydrogens (tertiary/aromatic N) is 5. The molecule has 1 saturated carbocycles. The lowest BCUT2D eigenvalue weighted by Crippen LogP contribution is -2.43. The average molecular weight is 493 g/mol. The highest BCUT2D eigenvalue weighted by Crippen LogP contribution is 2.66. The van der Waals surface area contributed by atoms with E-state index in [9.17, 15) is 4.79 Å². The Labute approximate surface area is 205 Å². The molecule has 1 aliphatic heterocycles. The summed E-state index contributed by atoms with van der Waals surface area (Å²) in [7, 11) is 3.37. The van der Waals surface area contributed by atoms with E-state index in [2.05, 4.69) is 14.8 Å². The Morgan fingerprint density at radius 3 is 2.83 bits per heavy atom. The molecule has 7 nitrogen and oxygen atoms in total. The summed E-state index contributed by atoms with van der Waals surface area (Å²) in [5, 5.41) is 0.228. The lowest BCUT2D eigenvalue weighted by atomic mass is 9.84. The van der Waals surface area contributed by atoms with Crippen molar-refractivity contribution < 1.29 is 13.6 Å². The fraction of sp³-hybridized carbons (Fsp3) is 0.280. The summed E-state index contributed by atoms with van der Waals surface area (Å²) < 4.78 is 31.1. The second-order valence-corrected chi connectivity index (χ2v) is 10.5. The Morgan fingerprint density at radius 2 is 2.11 bits per heavy atom. The van der Waals surface area contributed by atoms with Gasteiger partial charge in [0, 0.05) is 38.0 Å². The summed E-state index contributed by atoms with van der Waals surface area (Å²) in [6, 6.07) is 7.56. The van der Waals surface area contributed by atoms with Gasteiger partial charge in [-0.15, -0.1) is 0 Å². The first-order valence-corrected chi connectivity index (χ1v) is 11.7. The Morgan fingerprint density at radius 1 is 1.34 bits per heavy atom. The van der Waals surface area contributed by atoms with Gasteiger partial charge in [0.1, 0.15) is 21.9 Å². The number of amidine groups is 1. The number of aliphatic imine (C=N–C) groups is 1. The first-order valence-electron chi connectivity index (χ1n) is 10.9. The fourth-order valence-electron chi connectivity index (χ4n) is 4.83. The van der Waals surface area contributed by atoms with Gasteiger partial charge in [0.2, 0.25) is 11.6 Å². The average Bonchev–Trinajstić information content (AvgIpc) is 3.41. The summed E-state index contributed by atoms with van der Waals surface area (Å²) in [4.78, 5) is 26.6. The number of nitrogens with two attached hydrogens (primary N) is 1. The molecule has 2 N–H and O–H groups in total. The van der Waals surface area contributed by atoms with Gasteiger partial charge in [-0.3, -0.25) is 9.79 Å². The highest BCUT2D eigenvalue weighted by atomic mass is 32.2. The van der Waals surface area contributed by atoms with E-state index in [-0.39, 0.29) is 28.3 Å². The Balaban J connectivity index is 1.52. The van der Waals surface area contributed by atoms with Crippen LogP contribution in [0.5, 0.6) is 0 Å². The van der Waals surface area contributed by atoms with Crippen LogP contribution in [-0.2, 0) is 10.3 Å². The van der Waals surface area contributed by atoms with Crippen molar-refractivity contribution in [2.75, 3.05) is 14.1 Å². The molecule has 3 aromatic rings. The molecule has 1 aromatic carbocycles. The smallest absolute Gasteiger partial charge is 0.239 e. The van der Waals surface area contributed by atoms with Gasteiger partial charge in [-0.05, 0) is 43.2 Å². The third kappa shape index (κ3) is 3.67. The molecule has 178 valence electrons. The molecule has 35 heavy (non-hydrogen) atoms. The maximum absolute atomic E-state index is 15.1. The number of halogens is 2. The van der Waals surface area contributed by atoms with E-state index in [4.69, 9.17) is 12.3 Å². The zero-order valence-corrected chi connectivity index (χ0v) is 20.1. The van der Waals surface area contributed by atoms with Gasteiger partial charge in [0.15, 0.2) is 11.0 Å². The molecular weight excluding hydrogens is 470 g/mol. The van der Waals surface area contributed by atoms with E-state index in [0.717, 1.165) is 0 Å². The lowest BCUT2D eigenvalue weighted by molar-refractivity contribution is -0.129. The van der Waals surface area contributed by atoms with Crippen molar-refractivity contribution in [3.05, 3.63) is 76.8 Å². The number of amides is 1. The van der Waals surface area contributed by atoms with Crippen LogP contribution in [0.2, 0.25) is 0 Å². The summed E-state index contributed by atoms with van der Waals surface area (Å²) in [5.41, 5.74) is 6.75. The fourth-order valence-corrected chi connectivity index (χ4v) is 6.33. The Kier molecular flexibility index (Phi) is 5.21. The number of hydrogen-bond donors (Lipinski definition) is 1. The van der Waals surface area contributed by atoms with E-state index >= 15 is 8.78 Å². The number of carbonyl (C=O) groups excluding carboxylic acids is 1. The minimum atomic E-state index is -1.06. The van der Waals surface area contributed by atoms with Gasteiger partial charge in [0.05, 0.1) is 12.1 Å². The number of benzene rings is 1. The van der Waals surface area contributed by atoms with Crippen LogP contribution in [-0.4, -0.2) is 44.2 Å². The second-order valence-electron chi connectivity index (χ2n) is 9.17. The SMILES string of the molecule is [C-]#[N+]c1ccc2nc(/C(F)=C/c3ccc(F)c([C@@]4(C)N=C(N)S[C@@]5(C(=O)N(C)C)CC54)c3)cn2c1. The topological polar surface area (TPSA) is 80.3 Å². The van der Waals surface area contributed by atoms with Crippen molar-refractivity contribution in [1.82, 2.24) is 14.3 Å². The molecule has 1 fully saturated rings. The first-order chi connectivity index (χ1) is 16.6. The summed E-state index contributed by atoms with van der Waals surface area (Å²) in [5.74, 6) is -1.42. The number of pyridine rings is 1. The quantitative estimate of drug-likeness (QED) is 0.539. The highest BCUT2D eigenvalue weighted by Gasteiger charge is 2.71. The number of hydrogen-bond acceptors (Lipinski definition) is 5. The van der Waals surface area contributed by atoms with Gasteiger partial charge >= 0.3 is 0 Å². The van der Waals surface area contributed by atoms with Crippen LogP contribution < -0.4 is 5.73 Å². The van der Waals surface area contributed by atoms with Crippen molar-refractivity contribution >= 4 is 46.1 Å². The summed E-state index contributed by atoms with van der Waals surface area (Å²) in [6.07, 6.45) is 4.87. The maximum Gasteiger partial charge on any atom is 0.239 e. The molecule has 0 spiro atoms. The zero-order valence-electron chi connectivity index (χ0n) is 19.3. The molecule has 0 radical (unpaired) electrons. The molecule has 1 aliphatic carbocycles. The van der Waals surface area contributed by atoms with Crippen LogP contribution in [0.4, 0.5) is 14.5 Å². The van der Waals surface area contributed by atoms with Gasteiger partial charge in [-0.25, -0.2) is 18.6 Å². The number of rotatable bonds is 4. The van der Waals surface area contributed by atoms with Crippen LogP contribution in [0.1, 0.15) is 30.2 Å². The van der Waals surface area contributed by atoms with Crippen LogP contribution in [0.3, 0.4) is 0 Å². The predicted molar refractivity (Wildman–Crippen MR) is 133 cm³/mol. The molecule has 0 bridgehead atoms. The Bertz CT molecular complexity index is 1490. The predicted octanol–water partition coefficient (Wildman–Crippen LogP) is 4.62. The first kappa shape index (κ1) is 23.1. The number of thioether (sulfide) groups is 1. The largest absolute Gasteiger partial charge is 0.378 e. The van der Waals surface area contributed by atoms with Crippen LogP contribution in [0, 0.1) is 18.3 Å². The van der Waals surface area contributed by atoms with E-state index in [0.29, 0.717) is 23.3 Å². The molecule has 10 heteroatoms. The van der Waals surface area contributed by atoms with Gasteiger partial charge in [-0.2, -0.15) is 0 Å². The Hall–Kier alpha value is -3.71. The molecule has 2 aliphatic rings. The lowest BCUT2D eigenvalue weighted by Gasteiger charge is -2.34. The summed E-state index contributed by atoms with van der Waals surface area (Å²) in [6.45, 7) is 8.89. The van der Waals surface area contributed by atoms with Crippen molar-refractivity contribution in [2.24, 2.45) is 16.6 Å². The minimum Gasteiger partial charge on any atom is -0.378 e. The van der Waals surface area contributed by atoms with Crippen LogP contribution >= 0.6 is 11.8 Å². The summed E-state index contributed by atoms with van der Waals surface area (Å²) >= 11 is 1.23. The molecule has 2 aromatic heterocycles. The third-order valence-electron chi connectivity index (χ3n) is 6.62. The number of aromatic nitrogens is 2. The van der Waals surface area contributed by atoms with Gasteiger partial charge < -0.3 is 15.0 Å². The van der Waals surface area contributed by atoms with Crippen molar-refractivity contribution in [1.29, 1.82) is 0 Å². The molecule has 3 atom stereocenters. The molecular formula is C25H22F2N6OS. The zero-order chi connectivity index (χ0) is 25.1. The van der Waals surface area contributed by atoms with E-state index in [1.165, 1.54) is 41.1 Å². The second kappa shape index (κ2) is 7.92. The normalized spacial score (nSPS) is 25.5. The van der Waals surface area contributed by atoms with Crippen LogP contribution in [0.25, 0.3) is 22.4 Å². The van der Waals surface area contributed by atoms with E-state index in [1.54, 1.807) is 49.8 Å². The van der Waals surface area contributed by atoms with Crippen LogP contribution in [0.15, 0.2) is 47.7 Å². The molecule has 5 rings (SSSR count). The van der Waals surface area contributed by atoms with E-state index < -0.39 is 21.9 Å². The van der Waals surface area contributed by atoms with Crippen molar-refractivity contribution in [3.63, 3.8) is 0 Å². The minimum absolute atomic E-state index is 0.0766. The third-order valence-corrected chi connectivity index (χ3v) is 7.91. The monoisotopic (exact) mass is 492 g/mol. The van der Waals surface area contributed by atoms with Crippen molar-refractivity contribution in [3.8, 4) is 0 Å². The number of fused-ring (bicyclic) bond motifs is 2. The number of carbonyl (C=O) groups is 1. The molecule has 3 heterocycles. The molecule has 1 unspecified atom stereocenters.